The Morgan fingerprint density at radius 1 is 1.32 bits per heavy atom. The first-order valence-electron chi connectivity index (χ1n) is 9.72. The molecule has 3 rings (SSSR count). The molecule has 3 aromatic rings. The second-order valence-electron chi connectivity index (χ2n) is 7.51. The van der Waals surface area contributed by atoms with Gasteiger partial charge in [-0.1, -0.05) is 19.9 Å². The van der Waals surface area contributed by atoms with Crippen molar-refractivity contribution in [2.75, 3.05) is 20.3 Å². The van der Waals surface area contributed by atoms with Crippen LogP contribution in [0, 0.1) is 12.8 Å². The molecule has 0 aliphatic carbocycles. The first-order chi connectivity index (χ1) is 13.4. The van der Waals surface area contributed by atoms with Gasteiger partial charge in [0.05, 0.1) is 5.39 Å². The summed E-state index contributed by atoms with van der Waals surface area (Å²) in [6, 6.07) is 5.41. The van der Waals surface area contributed by atoms with E-state index in [1.54, 1.807) is 19.4 Å². The number of aromatic nitrogens is 3. The predicted molar refractivity (Wildman–Crippen MR) is 110 cm³/mol. The molecule has 0 spiro atoms. The highest BCUT2D eigenvalue weighted by atomic mass is 16.5. The summed E-state index contributed by atoms with van der Waals surface area (Å²) in [5.41, 5.74) is 2.37. The Kier molecular flexibility index (Phi) is 6.14. The maximum Gasteiger partial charge on any atom is 0.267 e. The van der Waals surface area contributed by atoms with E-state index in [0.717, 1.165) is 18.4 Å². The fourth-order valence-corrected chi connectivity index (χ4v) is 3.31. The van der Waals surface area contributed by atoms with Crippen molar-refractivity contribution in [1.82, 2.24) is 19.3 Å². The molecule has 0 saturated heterocycles. The third-order valence-corrected chi connectivity index (χ3v) is 4.86. The van der Waals surface area contributed by atoms with Crippen molar-refractivity contribution in [3.8, 4) is 0 Å². The second-order valence-corrected chi connectivity index (χ2v) is 7.51. The first kappa shape index (κ1) is 20.1. The number of carbonyl (C=O) groups excluding carboxylic acids is 1. The minimum atomic E-state index is -0.179. The van der Waals surface area contributed by atoms with E-state index < -0.39 is 0 Å². The molecule has 0 radical (unpaired) electrons. The molecule has 0 aliphatic heterocycles. The van der Waals surface area contributed by atoms with Crippen LogP contribution >= 0.6 is 0 Å². The minimum absolute atomic E-state index is 0.162. The third-order valence-electron chi connectivity index (χ3n) is 4.86. The van der Waals surface area contributed by atoms with E-state index in [2.05, 4.69) is 19.2 Å². The van der Waals surface area contributed by atoms with Gasteiger partial charge < -0.3 is 14.6 Å². The molecule has 150 valence electrons. The number of methoxy groups -OCH3 is 1. The van der Waals surface area contributed by atoms with E-state index in [0.29, 0.717) is 48.0 Å². The van der Waals surface area contributed by atoms with Gasteiger partial charge in [-0.2, -0.15) is 0 Å². The third kappa shape index (κ3) is 3.94. The Morgan fingerprint density at radius 3 is 2.82 bits per heavy atom. The van der Waals surface area contributed by atoms with Crippen molar-refractivity contribution in [3.63, 3.8) is 0 Å². The van der Waals surface area contributed by atoms with E-state index in [1.807, 2.05) is 23.6 Å². The van der Waals surface area contributed by atoms with Crippen molar-refractivity contribution >= 4 is 22.6 Å². The van der Waals surface area contributed by atoms with Crippen molar-refractivity contribution in [2.24, 2.45) is 5.92 Å². The van der Waals surface area contributed by atoms with Gasteiger partial charge in [-0.25, -0.2) is 4.98 Å². The zero-order valence-electron chi connectivity index (χ0n) is 17.0. The number of nitrogens with one attached hydrogen (secondary N) is 1. The highest BCUT2D eigenvalue weighted by Crippen LogP contribution is 2.18. The molecule has 0 atom stereocenters. The van der Waals surface area contributed by atoms with Crippen LogP contribution in [-0.2, 0) is 11.3 Å². The molecule has 7 heteroatoms. The quantitative estimate of drug-likeness (QED) is 0.606. The summed E-state index contributed by atoms with van der Waals surface area (Å²) in [5, 5.41) is 3.42. The molecule has 0 saturated carbocycles. The summed E-state index contributed by atoms with van der Waals surface area (Å²) in [4.78, 5) is 30.6. The zero-order chi connectivity index (χ0) is 20.3. The monoisotopic (exact) mass is 384 g/mol. The molecule has 28 heavy (non-hydrogen) atoms. The lowest BCUT2D eigenvalue weighted by molar-refractivity contribution is 0.0942. The van der Waals surface area contributed by atoms with Crippen molar-refractivity contribution < 1.29 is 9.53 Å². The Labute approximate surface area is 164 Å². The van der Waals surface area contributed by atoms with Crippen LogP contribution in [0.2, 0.25) is 0 Å². The molecule has 1 amide bonds. The molecular formula is C21H28N4O3. The van der Waals surface area contributed by atoms with Crippen LogP contribution in [-0.4, -0.2) is 40.1 Å². The van der Waals surface area contributed by atoms with Gasteiger partial charge in [-0.05, 0) is 43.4 Å². The summed E-state index contributed by atoms with van der Waals surface area (Å²) in [5.74, 6) is 0.327. The summed E-state index contributed by atoms with van der Waals surface area (Å²) < 4.78 is 8.54. The van der Waals surface area contributed by atoms with E-state index in [4.69, 9.17) is 9.72 Å². The summed E-state index contributed by atoms with van der Waals surface area (Å²) in [6.07, 6.45) is 3.34. The highest BCUT2D eigenvalue weighted by molar-refractivity contribution is 5.98. The van der Waals surface area contributed by atoms with Crippen molar-refractivity contribution in [3.05, 3.63) is 46.0 Å². The van der Waals surface area contributed by atoms with Gasteiger partial charge >= 0.3 is 0 Å². The molecule has 1 N–H and O–H groups in total. The molecule has 7 nitrogen and oxygen atoms in total. The van der Waals surface area contributed by atoms with Crippen LogP contribution in [0.1, 0.15) is 42.7 Å². The Hall–Kier alpha value is -2.67. The van der Waals surface area contributed by atoms with Crippen LogP contribution in [0.25, 0.3) is 16.7 Å². The van der Waals surface area contributed by atoms with Gasteiger partial charge in [-0.15, -0.1) is 0 Å². The fourth-order valence-electron chi connectivity index (χ4n) is 3.31. The van der Waals surface area contributed by atoms with Gasteiger partial charge in [0, 0.05) is 33.0 Å². The maximum absolute atomic E-state index is 13.0. The summed E-state index contributed by atoms with van der Waals surface area (Å²) >= 11 is 0. The van der Waals surface area contributed by atoms with Gasteiger partial charge in [-0.3, -0.25) is 14.0 Å². The Bertz CT molecular complexity index is 1050. The smallest absolute Gasteiger partial charge is 0.267 e. The second kappa shape index (κ2) is 8.56. The number of nitrogens with zero attached hydrogens (tertiary/aromatic N) is 3. The van der Waals surface area contributed by atoms with Gasteiger partial charge in [0.25, 0.3) is 11.5 Å². The Morgan fingerprint density at radius 2 is 2.11 bits per heavy atom. The summed E-state index contributed by atoms with van der Waals surface area (Å²) in [7, 11) is 1.65. The standard InChI is InChI=1S/C21H28N4O3/c1-14(2)8-9-22-20(26)17-13-16-19(24(17)11-6-12-28-4)23-18-15(3)7-5-10-25(18)21(16)27/h5,7,10,13-14H,6,8-9,11-12H2,1-4H3,(H,22,26). The van der Waals surface area contributed by atoms with Gasteiger partial charge in [0.15, 0.2) is 0 Å². The lowest BCUT2D eigenvalue weighted by atomic mass is 10.1. The number of hydrogen-bond acceptors (Lipinski definition) is 4. The summed E-state index contributed by atoms with van der Waals surface area (Å²) in [6.45, 7) is 7.88. The molecular weight excluding hydrogens is 356 g/mol. The molecule has 0 aromatic carbocycles. The number of ether oxygens (including phenoxy) is 1. The first-order valence-corrected chi connectivity index (χ1v) is 9.72. The molecule has 0 bridgehead atoms. The van der Waals surface area contributed by atoms with Crippen LogP contribution in [0.15, 0.2) is 29.2 Å². The Balaban J connectivity index is 2.11. The molecule has 3 heterocycles. The molecule has 0 fully saturated rings. The number of pyridine rings is 1. The van der Waals surface area contributed by atoms with Crippen LogP contribution in [0.3, 0.4) is 0 Å². The van der Waals surface area contributed by atoms with Crippen molar-refractivity contribution in [2.45, 2.75) is 40.2 Å². The van der Waals surface area contributed by atoms with Gasteiger partial charge in [0.2, 0.25) is 0 Å². The minimum Gasteiger partial charge on any atom is -0.385 e. The van der Waals surface area contributed by atoms with E-state index in [-0.39, 0.29) is 11.5 Å². The molecule has 0 aliphatic rings. The number of amides is 1. The lowest BCUT2D eigenvalue weighted by Crippen LogP contribution is -2.27. The number of carbonyl (C=O) groups is 1. The predicted octanol–water partition coefficient (Wildman–Crippen LogP) is 2.77. The number of rotatable bonds is 8. The lowest BCUT2D eigenvalue weighted by Gasteiger charge is -2.11. The van der Waals surface area contributed by atoms with Crippen molar-refractivity contribution in [1.29, 1.82) is 0 Å². The number of aryl methyl sites for hydroxylation is 2. The van der Waals surface area contributed by atoms with Crippen LogP contribution in [0.4, 0.5) is 0 Å². The molecule has 0 unspecified atom stereocenters. The van der Waals surface area contributed by atoms with E-state index in [1.165, 1.54) is 4.40 Å². The number of hydrogen-bond donors (Lipinski definition) is 1. The maximum atomic E-state index is 13.0. The fraction of sp³-hybridized carbons (Fsp3) is 0.476. The highest BCUT2D eigenvalue weighted by Gasteiger charge is 2.20. The van der Waals surface area contributed by atoms with Gasteiger partial charge in [0.1, 0.15) is 17.0 Å². The average Bonchev–Trinajstić information content (AvgIpc) is 3.02. The SMILES string of the molecule is COCCCn1c(C(=O)NCCC(C)C)cc2c(=O)n3cccc(C)c3nc21. The van der Waals surface area contributed by atoms with Crippen LogP contribution < -0.4 is 10.9 Å². The average molecular weight is 384 g/mol. The topological polar surface area (TPSA) is 77.6 Å². The number of fused-ring (bicyclic) bond motifs is 2. The normalized spacial score (nSPS) is 11.6. The van der Waals surface area contributed by atoms with Crippen LogP contribution in [0.5, 0.6) is 0 Å². The zero-order valence-corrected chi connectivity index (χ0v) is 17.0. The van der Waals surface area contributed by atoms with E-state index >= 15 is 0 Å². The molecule has 3 aromatic heterocycles. The van der Waals surface area contributed by atoms with E-state index in [9.17, 15) is 9.59 Å². The largest absolute Gasteiger partial charge is 0.385 e.